The van der Waals surface area contributed by atoms with Crippen LogP contribution in [0.3, 0.4) is 0 Å². The Morgan fingerprint density at radius 2 is 1.88 bits per heavy atom. The molecule has 122 valence electrons. The van der Waals surface area contributed by atoms with Gasteiger partial charge in [-0.25, -0.2) is 4.68 Å². The second-order valence-electron chi connectivity index (χ2n) is 5.69. The van der Waals surface area contributed by atoms with Crippen LogP contribution in [0.15, 0.2) is 52.0 Å². The molecule has 0 amide bonds. The summed E-state index contributed by atoms with van der Waals surface area (Å²) >= 11 is 1.59. The summed E-state index contributed by atoms with van der Waals surface area (Å²) in [4.78, 5) is 9.49. The van der Waals surface area contributed by atoms with Gasteiger partial charge < -0.3 is 0 Å². The predicted molar refractivity (Wildman–Crippen MR) is 101 cm³/mol. The van der Waals surface area contributed by atoms with E-state index in [1.54, 1.807) is 30.8 Å². The average molecular weight is 336 g/mol. The van der Waals surface area contributed by atoms with Crippen LogP contribution >= 0.6 is 11.3 Å². The highest BCUT2D eigenvalue weighted by Crippen LogP contribution is 2.27. The molecule has 0 spiro atoms. The molecule has 0 fully saturated rings. The molecule has 4 nitrogen and oxygen atoms in total. The van der Waals surface area contributed by atoms with E-state index in [9.17, 15) is 0 Å². The normalized spacial score (nSPS) is 12.2. The van der Waals surface area contributed by atoms with Gasteiger partial charge >= 0.3 is 0 Å². The maximum atomic E-state index is 4.62. The van der Waals surface area contributed by atoms with Gasteiger partial charge in [0.1, 0.15) is 0 Å². The van der Waals surface area contributed by atoms with Gasteiger partial charge in [0.2, 0.25) is 4.80 Å². The van der Waals surface area contributed by atoms with Gasteiger partial charge in [0.25, 0.3) is 0 Å². The molecule has 0 aliphatic rings. The van der Waals surface area contributed by atoms with E-state index >= 15 is 0 Å². The van der Waals surface area contributed by atoms with Crippen molar-refractivity contribution in [3.63, 3.8) is 0 Å². The van der Waals surface area contributed by atoms with Crippen molar-refractivity contribution in [2.45, 2.75) is 20.8 Å². The average Bonchev–Trinajstić information content (AvgIpc) is 3.00. The number of thiazole rings is 1. The molecule has 0 atom stereocenters. The quantitative estimate of drug-likeness (QED) is 0.668. The van der Waals surface area contributed by atoms with E-state index in [-0.39, 0.29) is 0 Å². The van der Waals surface area contributed by atoms with Crippen LogP contribution in [-0.4, -0.2) is 22.9 Å². The van der Waals surface area contributed by atoms with Crippen molar-refractivity contribution in [3.8, 4) is 11.3 Å². The maximum absolute atomic E-state index is 4.62. The Morgan fingerprint density at radius 3 is 2.58 bits per heavy atom. The molecule has 0 saturated carbocycles. The van der Waals surface area contributed by atoms with E-state index in [2.05, 4.69) is 53.4 Å². The van der Waals surface area contributed by atoms with Gasteiger partial charge in [0, 0.05) is 24.2 Å². The van der Waals surface area contributed by atoms with Crippen LogP contribution in [-0.2, 0) is 0 Å². The lowest BCUT2D eigenvalue weighted by molar-refractivity contribution is 0.846. The molecule has 0 saturated heterocycles. The highest BCUT2D eigenvalue weighted by Gasteiger charge is 2.11. The van der Waals surface area contributed by atoms with E-state index in [1.165, 1.54) is 22.3 Å². The van der Waals surface area contributed by atoms with Crippen molar-refractivity contribution >= 4 is 17.6 Å². The van der Waals surface area contributed by atoms with Crippen molar-refractivity contribution in [1.29, 1.82) is 0 Å². The minimum Gasteiger partial charge on any atom is -0.261 e. The highest BCUT2D eigenvalue weighted by atomic mass is 32.1. The van der Waals surface area contributed by atoms with Crippen molar-refractivity contribution < 1.29 is 0 Å². The van der Waals surface area contributed by atoms with Crippen LogP contribution in [0.25, 0.3) is 11.3 Å². The second-order valence-corrected chi connectivity index (χ2v) is 6.53. The lowest BCUT2D eigenvalue weighted by Gasteiger charge is -2.10. The van der Waals surface area contributed by atoms with E-state index in [0.717, 1.165) is 16.2 Å². The molecule has 2 heterocycles. The maximum Gasteiger partial charge on any atom is 0.205 e. The Kier molecular flexibility index (Phi) is 4.71. The van der Waals surface area contributed by atoms with Gasteiger partial charge in [-0.05, 0) is 55.7 Å². The Bertz CT molecular complexity index is 949. The molecule has 24 heavy (non-hydrogen) atoms. The lowest BCUT2D eigenvalue weighted by atomic mass is 9.99. The fourth-order valence-corrected chi connectivity index (χ4v) is 3.35. The topological polar surface area (TPSA) is 42.5 Å². The minimum atomic E-state index is 0.820. The summed E-state index contributed by atoms with van der Waals surface area (Å²) in [5.74, 6) is 0. The third kappa shape index (κ3) is 3.21. The molecule has 0 radical (unpaired) electrons. The number of hydrogen-bond donors (Lipinski definition) is 0. The Balaban J connectivity index is 2.13. The van der Waals surface area contributed by atoms with Crippen molar-refractivity contribution in [3.05, 3.63) is 69.1 Å². The third-order valence-electron chi connectivity index (χ3n) is 3.99. The third-order valence-corrected chi connectivity index (χ3v) is 4.89. The number of pyridine rings is 1. The molecule has 0 aliphatic carbocycles. The van der Waals surface area contributed by atoms with Gasteiger partial charge in [-0.15, -0.1) is 11.3 Å². The van der Waals surface area contributed by atoms with Crippen molar-refractivity contribution in [1.82, 2.24) is 9.66 Å². The first kappa shape index (κ1) is 16.3. The number of aryl methyl sites for hydroxylation is 3. The summed E-state index contributed by atoms with van der Waals surface area (Å²) in [6.07, 6.45) is 3.53. The first-order chi connectivity index (χ1) is 11.6. The predicted octanol–water partition coefficient (Wildman–Crippen LogP) is 3.95. The summed E-state index contributed by atoms with van der Waals surface area (Å²) in [5.41, 5.74) is 6.87. The van der Waals surface area contributed by atoms with Gasteiger partial charge in [-0.3, -0.25) is 9.98 Å². The van der Waals surface area contributed by atoms with Crippen LogP contribution in [0.1, 0.15) is 22.4 Å². The number of hydrogen-bond acceptors (Lipinski definition) is 4. The van der Waals surface area contributed by atoms with E-state index in [1.807, 2.05) is 22.9 Å². The van der Waals surface area contributed by atoms with Crippen LogP contribution in [0.4, 0.5) is 0 Å². The lowest BCUT2D eigenvalue weighted by Crippen LogP contribution is -2.12. The monoisotopic (exact) mass is 336 g/mol. The van der Waals surface area contributed by atoms with Crippen LogP contribution in [0.2, 0.25) is 0 Å². The van der Waals surface area contributed by atoms with Crippen LogP contribution < -0.4 is 4.80 Å². The molecule has 2 aromatic heterocycles. The number of benzene rings is 1. The van der Waals surface area contributed by atoms with Gasteiger partial charge in [0.15, 0.2) is 0 Å². The molecule has 0 bridgehead atoms. The number of aromatic nitrogens is 2. The zero-order chi connectivity index (χ0) is 17.1. The fraction of sp³-hybridized carbons (Fsp3) is 0.211. The summed E-state index contributed by atoms with van der Waals surface area (Å²) in [6.45, 7) is 6.41. The molecule has 0 aliphatic heterocycles. The first-order valence-electron chi connectivity index (χ1n) is 7.77. The van der Waals surface area contributed by atoms with E-state index in [4.69, 9.17) is 0 Å². The molecule has 1 aromatic carbocycles. The second kappa shape index (κ2) is 6.93. The summed E-state index contributed by atoms with van der Waals surface area (Å²) < 4.78 is 1.89. The van der Waals surface area contributed by atoms with Gasteiger partial charge in [-0.2, -0.15) is 5.10 Å². The van der Waals surface area contributed by atoms with Crippen LogP contribution in [0, 0.1) is 20.8 Å². The summed E-state index contributed by atoms with van der Waals surface area (Å²) in [6, 6.07) is 10.2. The Hall–Kier alpha value is -2.53. The first-order valence-corrected chi connectivity index (χ1v) is 8.65. The van der Waals surface area contributed by atoms with Crippen molar-refractivity contribution in [2.75, 3.05) is 7.05 Å². The van der Waals surface area contributed by atoms with E-state index < -0.39 is 0 Å². The number of rotatable bonds is 3. The Morgan fingerprint density at radius 1 is 1.08 bits per heavy atom. The SMILES string of the molecule is CN=c1scc(-c2cc(C)c(C)cc2C)n1/N=C/c1ccccn1. The van der Waals surface area contributed by atoms with Gasteiger partial charge in [0.05, 0.1) is 17.6 Å². The molecular weight excluding hydrogens is 316 g/mol. The molecular formula is C19H20N4S. The summed E-state index contributed by atoms with van der Waals surface area (Å²) in [5, 5.41) is 6.73. The minimum absolute atomic E-state index is 0.820. The standard InChI is InChI=1S/C19H20N4S/c1-13-9-15(3)17(10-14(13)2)18-12-24-19(20-4)23(18)22-11-16-7-5-6-8-21-16/h5-12H,1-4H3/b20-19?,22-11+. The van der Waals surface area contributed by atoms with E-state index in [0.29, 0.717) is 0 Å². The highest BCUT2D eigenvalue weighted by molar-refractivity contribution is 7.07. The molecule has 3 rings (SSSR count). The fourth-order valence-electron chi connectivity index (χ4n) is 2.55. The molecule has 5 heteroatoms. The zero-order valence-electron chi connectivity index (χ0n) is 14.3. The largest absolute Gasteiger partial charge is 0.261 e. The van der Waals surface area contributed by atoms with Gasteiger partial charge in [-0.1, -0.05) is 12.1 Å². The molecule has 0 N–H and O–H groups in total. The zero-order valence-corrected chi connectivity index (χ0v) is 15.1. The van der Waals surface area contributed by atoms with Crippen molar-refractivity contribution in [2.24, 2.45) is 10.1 Å². The summed E-state index contributed by atoms with van der Waals surface area (Å²) in [7, 11) is 1.79. The number of nitrogens with zero attached hydrogens (tertiary/aromatic N) is 4. The molecule has 0 unspecified atom stereocenters. The van der Waals surface area contributed by atoms with Crippen LogP contribution in [0.5, 0.6) is 0 Å². The molecule has 3 aromatic rings. The Labute approximate surface area is 145 Å². The smallest absolute Gasteiger partial charge is 0.205 e.